The van der Waals surface area contributed by atoms with Crippen molar-refractivity contribution in [2.75, 3.05) is 17.7 Å². The lowest BCUT2D eigenvalue weighted by atomic mass is 10.2. The zero-order chi connectivity index (χ0) is 13.3. The maximum Gasteiger partial charge on any atom is 0.277 e. The van der Waals surface area contributed by atoms with Gasteiger partial charge in [-0.2, -0.15) is 0 Å². The van der Waals surface area contributed by atoms with Crippen LogP contribution in [0.5, 0.6) is 0 Å². The van der Waals surface area contributed by atoms with E-state index in [9.17, 15) is 4.79 Å². The second-order valence-electron chi connectivity index (χ2n) is 3.82. The summed E-state index contributed by atoms with van der Waals surface area (Å²) < 4.78 is 0. The maximum atomic E-state index is 12.2. The average molecular weight is 282 g/mol. The highest BCUT2D eigenvalue weighted by Gasteiger charge is 2.18. The van der Waals surface area contributed by atoms with E-state index in [1.807, 2.05) is 6.92 Å². The molecule has 0 fully saturated rings. The molecule has 0 saturated carbocycles. The summed E-state index contributed by atoms with van der Waals surface area (Å²) in [6.45, 7) is 1.86. The van der Waals surface area contributed by atoms with Crippen molar-refractivity contribution in [3.63, 3.8) is 0 Å². The van der Waals surface area contributed by atoms with Crippen molar-refractivity contribution in [2.45, 2.75) is 6.92 Å². The summed E-state index contributed by atoms with van der Waals surface area (Å²) in [6.07, 6.45) is 0. The first-order valence-corrected chi connectivity index (χ1v) is 6.50. The molecule has 1 amide bonds. The third-order valence-electron chi connectivity index (χ3n) is 2.50. The molecule has 1 heterocycles. The molecule has 0 aliphatic rings. The van der Waals surface area contributed by atoms with Crippen molar-refractivity contribution in [1.82, 2.24) is 4.98 Å². The fourth-order valence-corrected chi connectivity index (χ4v) is 2.30. The Kier molecular flexibility index (Phi) is 3.54. The van der Waals surface area contributed by atoms with Gasteiger partial charge in [0, 0.05) is 17.5 Å². The highest BCUT2D eigenvalue weighted by Crippen LogP contribution is 2.27. The number of thiazole rings is 1. The quantitative estimate of drug-likeness (QED) is 0.861. The Balaban J connectivity index is 2.33. The van der Waals surface area contributed by atoms with Gasteiger partial charge >= 0.3 is 0 Å². The fraction of sp³-hybridized carbons (Fsp3) is 0.167. The summed E-state index contributed by atoms with van der Waals surface area (Å²) in [6, 6.07) is 5.02. The molecule has 0 aliphatic heterocycles. The van der Waals surface area contributed by atoms with Gasteiger partial charge < -0.3 is 10.6 Å². The van der Waals surface area contributed by atoms with E-state index in [4.69, 9.17) is 17.3 Å². The van der Waals surface area contributed by atoms with Crippen molar-refractivity contribution in [3.05, 3.63) is 39.3 Å². The van der Waals surface area contributed by atoms with Gasteiger partial charge in [-0.1, -0.05) is 11.6 Å². The van der Waals surface area contributed by atoms with Crippen LogP contribution in [-0.4, -0.2) is 17.9 Å². The second-order valence-corrected chi connectivity index (χ2v) is 5.32. The molecule has 0 radical (unpaired) electrons. The number of hydrogen-bond donors (Lipinski definition) is 1. The number of halogens is 1. The normalized spacial score (nSPS) is 10.4. The number of nitrogens with two attached hydrogens (primary N) is 1. The van der Waals surface area contributed by atoms with E-state index in [1.165, 1.54) is 16.2 Å². The molecule has 1 aromatic heterocycles. The summed E-state index contributed by atoms with van der Waals surface area (Å²) in [7, 11) is 1.65. The van der Waals surface area contributed by atoms with Gasteiger partial charge in [0.2, 0.25) is 0 Å². The number of rotatable bonds is 2. The van der Waals surface area contributed by atoms with Crippen LogP contribution in [0, 0.1) is 6.92 Å². The molecule has 4 nitrogen and oxygen atoms in total. The van der Waals surface area contributed by atoms with Gasteiger partial charge in [0.15, 0.2) is 0 Å². The number of carbonyl (C=O) groups excluding carboxylic acids is 1. The molecule has 1 aromatic carbocycles. The van der Waals surface area contributed by atoms with Gasteiger partial charge in [0.05, 0.1) is 16.4 Å². The summed E-state index contributed by atoms with van der Waals surface area (Å²) in [5.41, 5.74) is 7.34. The molecule has 2 rings (SSSR count). The first-order chi connectivity index (χ1) is 8.49. The number of benzene rings is 1. The van der Waals surface area contributed by atoms with Crippen LogP contribution in [0.4, 0.5) is 11.4 Å². The lowest BCUT2D eigenvalue weighted by Gasteiger charge is -2.18. The van der Waals surface area contributed by atoms with Crippen LogP contribution < -0.4 is 10.6 Å². The lowest BCUT2D eigenvalue weighted by Crippen LogP contribution is -2.27. The van der Waals surface area contributed by atoms with Crippen LogP contribution in [0.3, 0.4) is 0 Å². The number of aryl methyl sites for hydroxylation is 1. The number of amides is 1. The summed E-state index contributed by atoms with van der Waals surface area (Å²) in [4.78, 5) is 17.8. The monoisotopic (exact) mass is 281 g/mol. The highest BCUT2D eigenvalue weighted by molar-refractivity contribution is 7.09. The number of nitrogen functional groups attached to an aromatic ring is 1. The average Bonchev–Trinajstić information content (AvgIpc) is 2.77. The van der Waals surface area contributed by atoms with Crippen LogP contribution in [0.15, 0.2) is 23.6 Å². The molecule has 6 heteroatoms. The molecule has 0 bridgehead atoms. The third-order valence-corrected chi connectivity index (χ3v) is 3.51. The number of anilines is 2. The van der Waals surface area contributed by atoms with Crippen molar-refractivity contribution < 1.29 is 4.79 Å². The number of carbonyl (C=O) groups is 1. The summed E-state index contributed by atoms with van der Waals surface area (Å²) in [5, 5.41) is 3.12. The van der Waals surface area contributed by atoms with Gasteiger partial charge in [0.1, 0.15) is 5.69 Å². The van der Waals surface area contributed by atoms with E-state index >= 15 is 0 Å². The Morgan fingerprint density at radius 1 is 1.50 bits per heavy atom. The molecule has 18 heavy (non-hydrogen) atoms. The zero-order valence-electron chi connectivity index (χ0n) is 9.98. The second kappa shape index (κ2) is 4.96. The Morgan fingerprint density at radius 2 is 2.22 bits per heavy atom. The molecule has 2 aromatic rings. The third kappa shape index (κ3) is 2.47. The van der Waals surface area contributed by atoms with Crippen LogP contribution in [0.1, 0.15) is 15.5 Å². The Labute approximate surface area is 114 Å². The molecule has 94 valence electrons. The molecule has 2 N–H and O–H groups in total. The Bertz CT molecular complexity index is 597. The highest BCUT2D eigenvalue weighted by atomic mass is 35.5. The SMILES string of the molecule is Cc1nc(C(=O)N(C)c2cc(Cl)ccc2N)cs1. The number of aromatic nitrogens is 1. The number of hydrogen-bond acceptors (Lipinski definition) is 4. The minimum Gasteiger partial charge on any atom is -0.397 e. The molecular formula is C12H12ClN3OS. The topological polar surface area (TPSA) is 59.2 Å². The van der Waals surface area contributed by atoms with Crippen LogP contribution >= 0.6 is 22.9 Å². The van der Waals surface area contributed by atoms with Gasteiger partial charge in [-0.3, -0.25) is 4.79 Å². The molecule has 0 saturated heterocycles. The first-order valence-electron chi connectivity index (χ1n) is 5.24. The Morgan fingerprint density at radius 3 is 2.83 bits per heavy atom. The lowest BCUT2D eigenvalue weighted by molar-refractivity contribution is 0.0989. The molecule has 0 atom stereocenters. The molecule has 0 spiro atoms. The van der Waals surface area contributed by atoms with Crippen LogP contribution in [0.2, 0.25) is 5.02 Å². The fourth-order valence-electron chi connectivity index (χ4n) is 1.55. The van der Waals surface area contributed by atoms with Crippen molar-refractivity contribution in [1.29, 1.82) is 0 Å². The minimum absolute atomic E-state index is 0.201. The predicted molar refractivity (Wildman–Crippen MR) is 75.4 cm³/mol. The molecular weight excluding hydrogens is 270 g/mol. The first kappa shape index (κ1) is 12.9. The van der Waals surface area contributed by atoms with Crippen molar-refractivity contribution >= 4 is 40.2 Å². The smallest absolute Gasteiger partial charge is 0.277 e. The standard InChI is InChI=1S/C12H12ClN3OS/c1-7-15-10(6-18-7)12(17)16(2)11-5-8(13)3-4-9(11)14/h3-6H,14H2,1-2H3. The minimum atomic E-state index is -0.201. The predicted octanol–water partition coefficient (Wildman–Crippen LogP) is 2.96. The summed E-state index contributed by atoms with van der Waals surface area (Å²) in [5.74, 6) is -0.201. The van der Waals surface area contributed by atoms with Gasteiger partial charge in [-0.25, -0.2) is 4.98 Å². The van der Waals surface area contributed by atoms with E-state index in [-0.39, 0.29) is 5.91 Å². The van der Waals surface area contributed by atoms with Crippen LogP contribution in [-0.2, 0) is 0 Å². The van der Waals surface area contributed by atoms with E-state index in [0.717, 1.165) is 5.01 Å². The largest absolute Gasteiger partial charge is 0.397 e. The zero-order valence-corrected chi connectivity index (χ0v) is 11.5. The van der Waals surface area contributed by atoms with Gasteiger partial charge in [0.25, 0.3) is 5.91 Å². The van der Waals surface area contributed by atoms with Crippen LogP contribution in [0.25, 0.3) is 0 Å². The molecule has 0 unspecified atom stereocenters. The maximum absolute atomic E-state index is 12.2. The van der Waals surface area contributed by atoms with Crippen molar-refractivity contribution in [3.8, 4) is 0 Å². The van der Waals surface area contributed by atoms with Gasteiger partial charge in [-0.15, -0.1) is 11.3 Å². The molecule has 0 aliphatic carbocycles. The summed E-state index contributed by atoms with van der Waals surface area (Å²) >= 11 is 7.35. The number of nitrogens with zero attached hydrogens (tertiary/aromatic N) is 2. The van der Waals surface area contributed by atoms with Gasteiger partial charge in [-0.05, 0) is 25.1 Å². The van der Waals surface area contributed by atoms with E-state index in [1.54, 1.807) is 30.6 Å². The van der Waals surface area contributed by atoms with Crippen molar-refractivity contribution in [2.24, 2.45) is 0 Å². The van der Waals surface area contributed by atoms with E-state index < -0.39 is 0 Å². The van der Waals surface area contributed by atoms with E-state index in [2.05, 4.69) is 4.98 Å². The van der Waals surface area contributed by atoms with E-state index in [0.29, 0.717) is 22.1 Å². The Hall–Kier alpha value is -1.59.